The number of likely N-dealkylation sites (tertiary alicyclic amines) is 1. The van der Waals surface area contributed by atoms with Crippen LogP contribution in [0.25, 0.3) is 0 Å². The molecule has 0 saturated carbocycles. The molecule has 94 valence electrons. The lowest BCUT2D eigenvalue weighted by Crippen LogP contribution is -2.42. The molecule has 0 aromatic heterocycles. The molecule has 2 nitrogen and oxygen atoms in total. The zero-order valence-corrected chi connectivity index (χ0v) is 11.0. The molecule has 1 aliphatic rings. The van der Waals surface area contributed by atoms with E-state index in [-0.39, 0.29) is 5.60 Å². The van der Waals surface area contributed by atoms with Crippen molar-refractivity contribution in [1.29, 1.82) is 0 Å². The number of hydrogen-bond donors (Lipinski definition) is 0. The summed E-state index contributed by atoms with van der Waals surface area (Å²) in [5.74, 6) is 0. The van der Waals surface area contributed by atoms with Crippen molar-refractivity contribution in [3.8, 4) is 0 Å². The SMILES string of the molecule is CCCOC1(c2ccccc2)CCN(C)CC1. The van der Waals surface area contributed by atoms with Crippen LogP contribution in [0, 0.1) is 0 Å². The van der Waals surface area contributed by atoms with Crippen LogP contribution < -0.4 is 0 Å². The fourth-order valence-corrected chi connectivity index (χ4v) is 2.54. The molecule has 1 heterocycles. The molecular weight excluding hydrogens is 210 g/mol. The summed E-state index contributed by atoms with van der Waals surface area (Å²) in [6.07, 6.45) is 3.30. The second kappa shape index (κ2) is 5.65. The average molecular weight is 233 g/mol. The molecule has 0 radical (unpaired) electrons. The predicted molar refractivity (Wildman–Crippen MR) is 71.1 cm³/mol. The maximum atomic E-state index is 6.23. The first kappa shape index (κ1) is 12.6. The van der Waals surface area contributed by atoms with Crippen molar-refractivity contribution in [2.75, 3.05) is 26.7 Å². The van der Waals surface area contributed by atoms with E-state index in [0.717, 1.165) is 39.0 Å². The first-order chi connectivity index (χ1) is 8.27. The van der Waals surface area contributed by atoms with Gasteiger partial charge in [0.15, 0.2) is 0 Å². The Morgan fingerprint density at radius 2 is 1.82 bits per heavy atom. The number of hydrogen-bond acceptors (Lipinski definition) is 2. The Hall–Kier alpha value is -0.860. The topological polar surface area (TPSA) is 12.5 Å². The Balaban J connectivity index is 2.18. The highest BCUT2D eigenvalue weighted by molar-refractivity contribution is 5.23. The molecule has 0 unspecified atom stereocenters. The summed E-state index contributed by atoms with van der Waals surface area (Å²) >= 11 is 0. The summed E-state index contributed by atoms with van der Waals surface area (Å²) in [5, 5.41) is 0. The summed E-state index contributed by atoms with van der Waals surface area (Å²) in [5.41, 5.74) is 1.31. The van der Waals surface area contributed by atoms with Crippen LogP contribution in [0.5, 0.6) is 0 Å². The van der Waals surface area contributed by atoms with Gasteiger partial charge in [-0.3, -0.25) is 0 Å². The van der Waals surface area contributed by atoms with E-state index in [2.05, 4.69) is 49.2 Å². The monoisotopic (exact) mass is 233 g/mol. The minimum absolute atomic E-state index is 0.0379. The minimum atomic E-state index is -0.0379. The molecule has 0 atom stereocenters. The lowest BCUT2D eigenvalue weighted by atomic mass is 9.84. The number of piperidine rings is 1. The van der Waals surface area contributed by atoms with E-state index in [1.807, 2.05) is 0 Å². The largest absolute Gasteiger partial charge is 0.370 e. The highest BCUT2D eigenvalue weighted by Crippen LogP contribution is 2.36. The van der Waals surface area contributed by atoms with Crippen molar-refractivity contribution in [3.05, 3.63) is 35.9 Å². The second-order valence-electron chi connectivity index (χ2n) is 5.01. The Labute approximate surface area is 105 Å². The van der Waals surface area contributed by atoms with Crippen molar-refractivity contribution in [2.45, 2.75) is 31.8 Å². The third kappa shape index (κ3) is 2.88. The first-order valence-corrected chi connectivity index (χ1v) is 6.65. The van der Waals surface area contributed by atoms with Gasteiger partial charge >= 0.3 is 0 Å². The Kier molecular flexibility index (Phi) is 4.19. The van der Waals surface area contributed by atoms with Crippen molar-refractivity contribution in [3.63, 3.8) is 0 Å². The highest BCUT2D eigenvalue weighted by Gasteiger charge is 2.35. The first-order valence-electron chi connectivity index (χ1n) is 6.65. The molecule has 2 rings (SSSR count). The van der Waals surface area contributed by atoms with E-state index >= 15 is 0 Å². The van der Waals surface area contributed by atoms with E-state index in [9.17, 15) is 0 Å². The van der Waals surface area contributed by atoms with Gasteiger partial charge in [0.1, 0.15) is 0 Å². The van der Waals surface area contributed by atoms with Gasteiger partial charge in [-0.1, -0.05) is 37.3 Å². The minimum Gasteiger partial charge on any atom is -0.370 e. The number of rotatable bonds is 4. The van der Waals surface area contributed by atoms with Crippen LogP contribution in [0.1, 0.15) is 31.7 Å². The molecule has 1 aromatic rings. The molecule has 1 aromatic carbocycles. The van der Waals surface area contributed by atoms with Crippen molar-refractivity contribution in [1.82, 2.24) is 4.90 Å². The molecule has 1 fully saturated rings. The van der Waals surface area contributed by atoms with Crippen molar-refractivity contribution in [2.24, 2.45) is 0 Å². The summed E-state index contributed by atoms with van der Waals surface area (Å²) in [6, 6.07) is 10.7. The van der Waals surface area contributed by atoms with Gasteiger partial charge in [0.05, 0.1) is 5.60 Å². The number of ether oxygens (including phenoxy) is 1. The van der Waals surface area contributed by atoms with E-state index in [1.165, 1.54) is 5.56 Å². The smallest absolute Gasteiger partial charge is 0.0955 e. The molecule has 17 heavy (non-hydrogen) atoms. The molecule has 2 heteroatoms. The maximum absolute atomic E-state index is 6.23. The lowest BCUT2D eigenvalue weighted by molar-refractivity contribution is -0.0867. The summed E-state index contributed by atoms with van der Waals surface area (Å²) < 4.78 is 6.23. The normalized spacial score (nSPS) is 20.4. The zero-order valence-electron chi connectivity index (χ0n) is 11.0. The summed E-state index contributed by atoms with van der Waals surface area (Å²) in [6.45, 7) is 5.28. The lowest BCUT2D eigenvalue weighted by Gasteiger charge is -2.41. The van der Waals surface area contributed by atoms with E-state index < -0.39 is 0 Å². The predicted octanol–water partition coefficient (Wildman–Crippen LogP) is 3.03. The third-order valence-electron chi connectivity index (χ3n) is 3.68. The Morgan fingerprint density at radius 1 is 1.18 bits per heavy atom. The van der Waals surface area contributed by atoms with E-state index in [1.54, 1.807) is 0 Å². The van der Waals surface area contributed by atoms with Gasteiger partial charge in [-0.15, -0.1) is 0 Å². The van der Waals surface area contributed by atoms with Crippen LogP contribution in [0.15, 0.2) is 30.3 Å². The molecule has 0 bridgehead atoms. The molecule has 0 aliphatic carbocycles. The average Bonchev–Trinajstić information content (AvgIpc) is 2.40. The summed E-state index contributed by atoms with van der Waals surface area (Å²) in [7, 11) is 2.19. The van der Waals surface area contributed by atoms with Crippen molar-refractivity contribution < 1.29 is 4.74 Å². The van der Waals surface area contributed by atoms with Gasteiger partial charge in [-0.25, -0.2) is 0 Å². The van der Waals surface area contributed by atoms with Crippen LogP contribution in [0.3, 0.4) is 0 Å². The molecule has 0 amide bonds. The highest BCUT2D eigenvalue weighted by atomic mass is 16.5. The van der Waals surface area contributed by atoms with Gasteiger partial charge in [-0.05, 0) is 31.9 Å². The number of benzene rings is 1. The van der Waals surface area contributed by atoms with Crippen LogP contribution in [-0.2, 0) is 10.3 Å². The third-order valence-corrected chi connectivity index (χ3v) is 3.68. The van der Waals surface area contributed by atoms with Crippen LogP contribution in [-0.4, -0.2) is 31.6 Å². The van der Waals surface area contributed by atoms with Crippen LogP contribution in [0.2, 0.25) is 0 Å². The quantitative estimate of drug-likeness (QED) is 0.792. The Bertz CT molecular complexity index is 323. The van der Waals surface area contributed by atoms with Crippen LogP contribution in [0.4, 0.5) is 0 Å². The molecule has 1 saturated heterocycles. The second-order valence-corrected chi connectivity index (χ2v) is 5.01. The molecular formula is C15H23NO. The number of nitrogens with zero attached hydrogens (tertiary/aromatic N) is 1. The van der Waals surface area contributed by atoms with Gasteiger partial charge in [0.2, 0.25) is 0 Å². The van der Waals surface area contributed by atoms with Gasteiger partial charge in [-0.2, -0.15) is 0 Å². The van der Waals surface area contributed by atoms with Gasteiger partial charge < -0.3 is 9.64 Å². The fourth-order valence-electron chi connectivity index (χ4n) is 2.54. The maximum Gasteiger partial charge on any atom is 0.0955 e. The van der Waals surface area contributed by atoms with Crippen LogP contribution >= 0.6 is 0 Å². The molecule has 0 spiro atoms. The Morgan fingerprint density at radius 3 is 2.41 bits per heavy atom. The van der Waals surface area contributed by atoms with E-state index in [4.69, 9.17) is 4.74 Å². The standard InChI is InChI=1S/C15H23NO/c1-3-13-17-15(9-11-16(2)12-10-15)14-7-5-4-6-8-14/h4-8H,3,9-13H2,1-2H3. The molecule has 0 N–H and O–H groups in total. The zero-order chi connectivity index (χ0) is 12.1. The van der Waals surface area contributed by atoms with Gasteiger partial charge in [0.25, 0.3) is 0 Å². The van der Waals surface area contributed by atoms with Crippen molar-refractivity contribution >= 4 is 0 Å². The fraction of sp³-hybridized carbons (Fsp3) is 0.600. The summed E-state index contributed by atoms with van der Waals surface area (Å²) in [4.78, 5) is 2.39. The molecule has 1 aliphatic heterocycles. The van der Waals surface area contributed by atoms with Gasteiger partial charge in [0, 0.05) is 19.7 Å². The van der Waals surface area contributed by atoms with E-state index in [0.29, 0.717) is 0 Å².